The lowest BCUT2D eigenvalue weighted by Gasteiger charge is -2.03. The predicted octanol–water partition coefficient (Wildman–Crippen LogP) is -0.458. The first-order chi connectivity index (χ1) is 6.99. The lowest BCUT2D eigenvalue weighted by Crippen LogP contribution is -2.23. The third-order valence-electron chi connectivity index (χ3n) is 1.21. The number of nitrogens with zero attached hydrogens (tertiary/aromatic N) is 1. The van der Waals surface area contributed by atoms with Crippen LogP contribution < -0.4 is 5.32 Å². The first kappa shape index (κ1) is 15.8. The van der Waals surface area contributed by atoms with Crippen LogP contribution in [0.25, 0.3) is 0 Å². The Bertz CT molecular complexity index is 225. The maximum absolute atomic E-state index is 10.3. The number of carbonyl (C=O) groups excluding carboxylic acids is 2. The van der Waals surface area contributed by atoms with Crippen molar-refractivity contribution in [3.05, 3.63) is 25.3 Å². The lowest BCUT2D eigenvalue weighted by atomic mass is 10.5. The minimum absolute atomic E-state index is 0.0282. The van der Waals surface area contributed by atoms with Gasteiger partial charge in [-0.25, -0.2) is 0 Å². The first-order valence-electron chi connectivity index (χ1n) is 4.34. The average Bonchev–Trinajstić information content (AvgIpc) is 2.25. The van der Waals surface area contributed by atoms with Gasteiger partial charge in [-0.05, 0) is 12.2 Å². The Hall–Kier alpha value is -1.62. The van der Waals surface area contributed by atoms with Crippen molar-refractivity contribution in [2.75, 3.05) is 27.2 Å². The molecule has 0 radical (unpaired) electrons. The Balaban J connectivity index is 0. The zero-order valence-corrected chi connectivity index (χ0v) is 9.19. The fourth-order valence-electron chi connectivity index (χ4n) is 0.434. The van der Waals surface area contributed by atoms with Gasteiger partial charge in [-0.15, -0.1) is 0 Å². The average molecular weight is 214 g/mol. The summed E-state index contributed by atoms with van der Waals surface area (Å²) >= 11 is 0. The van der Waals surface area contributed by atoms with E-state index in [0.29, 0.717) is 6.54 Å². The molecule has 0 fully saturated rings. The SMILES string of the molecule is C=CC(=O)N(C)C.C=CC(=O)NCCO. The zero-order chi connectivity index (χ0) is 12.3. The molecule has 0 aliphatic heterocycles. The molecule has 2 amide bonds. The Labute approximate surface area is 90.1 Å². The molecule has 0 bridgehead atoms. The van der Waals surface area contributed by atoms with Crippen molar-refractivity contribution in [1.82, 2.24) is 10.2 Å². The molecule has 0 aliphatic carbocycles. The number of aliphatic hydroxyl groups excluding tert-OH is 1. The van der Waals surface area contributed by atoms with E-state index in [0.717, 1.165) is 6.08 Å². The Morgan fingerprint density at radius 2 is 1.87 bits per heavy atom. The van der Waals surface area contributed by atoms with Crippen molar-refractivity contribution >= 4 is 11.8 Å². The highest BCUT2D eigenvalue weighted by Crippen LogP contribution is 1.74. The van der Waals surface area contributed by atoms with E-state index in [-0.39, 0.29) is 18.4 Å². The van der Waals surface area contributed by atoms with Crippen LogP contribution in [0, 0.1) is 0 Å². The highest BCUT2D eigenvalue weighted by molar-refractivity contribution is 5.86. The quantitative estimate of drug-likeness (QED) is 0.622. The van der Waals surface area contributed by atoms with Gasteiger partial charge in [0.2, 0.25) is 11.8 Å². The van der Waals surface area contributed by atoms with Crippen molar-refractivity contribution < 1.29 is 14.7 Å². The number of nitrogens with one attached hydrogen (secondary N) is 1. The molecule has 0 spiro atoms. The van der Waals surface area contributed by atoms with Crippen LogP contribution in [0.15, 0.2) is 25.3 Å². The van der Waals surface area contributed by atoms with Gasteiger partial charge >= 0.3 is 0 Å². The number of likely N-dealkylation sites (N-methyl/N-ethyl adjacent to an activating group) is 1. The van der Waals surface area contributed by atoms with Crippen LogP contribution in [-0.2, 0) is 9.59 Å². The van der Waals surface area contributed by atoms with E-state index in [4.69, 9.17) is 5.11 Å². The first-order valence-corrected chi connectivity index (χ1v) is 4.34. The topological polar surface area (TPSA) is 69.6 Å². The highest BCUT2D eigenvalue weighted by Gasteiger charge is 1.91. The van der Waals surface area contributed by atoms with Crippen LogP contribution in [0.1, 0.15) is 0 Å². The molecule has 0 aromatic rings. The second kappa shape index (κ2) is 10.5. The van der Waals surface area contributed by atoms with E-state index >= 15 is 0 Å². The van der Waals surface area contributed by atoms with Crippen molar-refractivity contribution in [3.63, 3.8) is 0 Å². The van der Waals surface area contributed by atoms with Gasteiger partial charge in [-0.3, -0.25) is 9.59 Å². The van der Waals surface area contributed by atoms with Gasteiger partial charge in [0.1, 0.15) is 0 Å². The van der Waals surface area contributed by atoms with E-state index in [9.17, 15) is 9.59 Å². The number of amides is 2. The predicted molar refractivity (Wildman–Crippen MR) is 59.2 cm³/mol. The van der Waals surface area contributed by atoms with Crippen molar-refractivity contribution in [2.45, 2.75) is 0 Å². The van der Waals surface area contributed by atoms with Gasteiger partial charge in [0.15, 0.2) is 0 Å². The molecule has 5 nitrogen and oxygen atoms in total. The van der Waals surface area contributed by atoms with E-state index in [1.54, 1.807) is 14.1 Å². The molecule has 5 heteroatoms. The fourth-order valence-corrected chi connectivity index (χ4v) is 0.434. The molecule has 15 heavy (non-hydrogen) atoms. The largest absolute Gasteiger partial charge is 0.395 e. The smallest absolute Gasteiger partial charge is 0.245 e. The fraction of sp³-hybridized carbons (Fsp3) is 0.400. The zero-order valence-electron chi connectivity index (χ0n) is 9.19. The highest BCUT2D eigenvalue weighted by atomic mass is 16.3. The normalized spacial score (nSPS) is 7.93. The summed E-state index contributed by atoms with van der Waals surface area (Å²) in [5, 5.41) is 10.5. The summed E-state index contributed by atoms with van der Waals surface area (Å²) in [6, 6.07) is 0. The number of carbonyl (C=O) groups is 2. The van der Waals surface area contributed by atoms with E-state index in [2.05, 4.69) is 18.5 Å². The molecular formula is C10H18N2O3. The molecule has 0 saturated heterocycles. The molecule has 0 heterocycles. The number of aliphatic hydroxyl groups is 1. The maximum atomic E-state index is 10.3. The Morgan fingerprint density at radius 3 is 2.07 bits per heavy atom. The van der Waals surface area contributed by atoms with Gasteiger partial charge < -0.3 is 15.3 Å². The minimum atomic E-state index is -0.251. The summed E-state index contributed by atoms with van der Waals surface area (Å²) in [6.45, 7) is 6.78. The Kier molecular flexibility index (Phi) is 11.0. The molecule has 2 N–H and O–H groups in total. The minimum Gasteiger partial charge on any atom is -0.395 e. The van der Waals surface area contributed by atoms with Crippen LogP contribution in [0.5, 0.6) is 0 Å². The second-order valence-electron chi connectivity index (χ2n) is 2.66. The summed E-state index contributed by atoms with van der Waals surface area (Å²) in [7, 11) is 3.37. The van der Waals surface area contributed by atoms with Crippen LogP contribution in [0.4, 0.5) is 0 Å². The molecule has 0 rings (SSSR count). The summed E-state index contributed by atoms with van der Waals surface area (Å²) in [5.74, 6) is -0.306. The molecule has 0 aliphatic rings. The summed E-state index contributed by atoms with van der Waals surface area (Å²) in [5.41, 5.74) is 0. The lowest BCUT2D eigenvalue weighted by molar-refractivity contribution is -0.123. The van der Waals surface area contributed by atoms with Crippen LogP contribution in [-0.4, -0.2) is 49.1 Å². The number of rotatable bonds is 4. The molecule has 0 aromatic carbocycles. The number of hydrogen-bond donors (Lipinski definition) is 2. The van der Waals surface area contributed by atoms with E-state index in [1.807, 2.05) is 0 Å². The molecular weight excluding hydrogens is 196 g/mol. The number of hydrogen-bond acceptors (Lipinski definition) is 3. The third kappa shape index (κ3) is 12.4. The summed E-state index contributed by atoms with van der Waals surface area (Å²) in [4.78, 5) is 22.0. The molecule has 0 aromatic heterocycles. The van der Waals surface area contributed by atoms with Crippen molar-refractivity contribution in [3.8, 4) is 0 Å². The molecule has 0 saturated carbocycles. The van der Waals surface area contributed by atoms with Gasteiger partial charge in [0, 0.05) is 20.6 Å². The summed E-state index contributed by atoms with van der Waals surface area (Å²) in [6.07, 6.45) is 2.44. The van der Waals surface area contributed by atoms with Crippen LogP contribution >= 0.6 is 0 Å². The van der Waals surface area contributed by atoms with Crippen molar-refractivity contribution in [1.29, 1.82) is 0 Å². The van der Waals surface area contributed by atoms with E-state index in [1.165, 1.54) is 11.0 Å². The van der Waals surface area contributed by atoms with Gasteiger partial charge in [-0.2, -0.15) is 0 Å². The van der Waals surface area contributed by atoms with Gasteiger partial charge in [0.25, 0.3) is 0 Å². The molecule has 0 atom stereocenters. The maximum Gasteiger partial charge on any atom is 0.245 e. The Morgan fingerprint density at radius 1 is 1.33 bits per heavy atom. The molecule has 86 valence electrons. The van der Waals surface area contributed by atoms with Crippen molar-refractivity contribution in [2.24, 2.45) is 0 Å². The molecule has 0 unspecified atom stereocenters. The summed E-state index contributed by atoms with van der Waals surface area (Å²) < 4.78 is 0. The third-order valence-corrected chi connectivity index (χ3v) is 1.21. The standard InChI is InChI=1S/C5H9NO2.C5H9NO/c1-2-5(8)6-3-4-7;1-4-5(7)6(2)3/h2,7H,1,3-4H2,(H,6,8);4H,1H2,2-3H3. The van der Waals surface area contributed by atoms with Crippen LogP contribution in [0.3, 0.4) is 0 Å². The van der Waals surface area contributed by atoms with Gasteiger partial charge in [-0.1, -0.05) is 13.2 Å². The van der Waals surface area contributed by atoms with E-state index < -0.39 is 0 Å². The second-order valence-corrected chi connectivity index (χ2v) is 2.66. The van der Waals surface area contributed by atoms with Gasteiger partial charge in [0.05, 0.1) is 6.61 Å². The monoisotopic (exact) mass is 214 g/mol. The van der Waals surface area contributed by atoms with Crippen LogP contribution in [0.2, 0.25) is 0 Å².